The molecule has 0 unspecified atom stereocenters. The quantitative estimate of drug-likeness (QED) is 0.819. The van der Waals surface area contributed by atoms with Crippen LogP contribution in [0.1, 0.15) is 13.8 Å². The van der Waals surface area contributed by atoms with E-state index in [4.69, 9.17) is 5.73 Å². The Morgan fingerprint density at radius 1 is 1.24 bits per heavy atom. The minimum atomic E-state index is -3.82. The summed E-state index contributed by atoms with van der Waals surface area (Å²) < 4.78 is 25.5. The fourth-order valence-electron chi connectivity index (χ4n) is 1.16. The lowest BCUT2D eigenvalue weighted by molar-refractivity contribution is -0.121. The van der Waals surface area contributed by atoms with Crippen molar-refractivity contribution >= 4 is 15.9 Å². The van der Waals surface area contributed by atoms with E-state index in [2.05, 4.69) is 0 Å². The Bertz CT molecular complexity index is 483. The number of hydrogen-bond acceptors (Lipinski definition) is 4. The van der Waals surface area contributed by atoms with E-state index in [0.29, 0.717) is 0 Å². The van der Waals surface area contributed by atoms with Crippen LogP contribution in [0, 0.1) is 5.92 Å². The summed E-state index contributed by atoms with van der Waals surface area (Å²) in [6, 6.07) is 6.85. The molecule has 1 aromatic rings. The van der Waals surface area contributed by atoms with Crippen LogP contribution >= 0.6 is 0 Å². The molecule has 0 spiro atoms. The van der Waals surface area contributed by atoms with Crippen LogP contribution in [0.15, 0.2) is 35.2 Å². The molecule has 0 heterocycles. The zero-order valence-electron chi connectivity index (χ0n) is 9.75. The van der Waals surface area contributed by atoms with E-state index in [1.54, 1.807) is 32.0 Å². The topological polar surface area (TPSA) is 89.3 Å². The molecule has 94 valence electrons. The SMILES string of the molecule is CC(C)[C@H](N)C(=O)NS(=O)(=O)c1ccccc1. The maximum atomic E-state index is 11.8. The van der Waals surface area contributed by atoms with E-state index >= 15 is 0 Å². The first-order valence-corrected chi connectivity index (χ1v) is 6.70. The highest BCUT2D eigenvalue weighted by atomic mass is 32.2. The van der Waals surface area contributed by atoms with Crippen LogP contribution in [0.4, 0.5) is 0 Å². The van der Waals surface area contributed by atoms with Gasteiger partial charge in [0.25, 0.3) is 15.9 Å². The number of nitrogens with one attached hydrogen (secondary N) is 1. The lowest BCUT2D eigenvalue weighted by Crippen LogP contribution is -2.46. The van der Waals surface area contributed by atoms with Crippen LogP contribution in [0.2, 0.25) is 0 Å². The molecule has 1 aromatic carbocycles. The molecule has 1 amide bonds. The van der Waals surface area contributed by atoms with Gasteiger partial charge < -0.3 is 5.73 Å². The van der Waals surface area contributed by atoms with Gasteiger partial charge in [0.2, 0.25) is 0 Å². The fraction of sp³-hybridized carbons (Fsp3) is 0.364. The predicted molar refractivity (Wildman–Crippen MR) is 64.6 cm³/mol. The zero-order valence-corrected chi connectivity index (χ0v) is 10.6. The average Bonchev–Trinajstić information content (AvgIpc) is 2.28. The van der Waals surface area contributed by atoms with Gasteiger partial charge in [0.15, 0.2) is 0 Å². The molecule has 0 aliphatic carbocycles. The molecule has 17 heavy (non-hydrogen) atoms. The Hall–Kier alpha value is -1.40. The molecular formula is C11H16N2O3S. The number of carbonyl (C=O) groups excluding carboxylic acids is 1. The normalized spacial score (nSPS) is 13.4. The van der Waals surface area contributed by atoms with Crippen LogP contribution in [0.25, 0.3) is 0 Å². The number of amides is 1. The second-order valence-corrected chi connectivity index (χ2v) is 5.74. The van der Waals surface area contributed by atoms with Gasteiger partial charge in [-0.3, -0.25) is 4.79 Å². The fourth-order valence-corrected chi connectivity index (χ4v) is 2.20. The van der Waals surface area contributed by atoms with Gasteiger partial charge in [0, 0.05) is 0 Å². The van der Waals surface area contributed by atoms with Gasteiger partial charge >= 0.3 is 0 Å². The van der Waals surface area contributed by atoms with E-state index in [0.717, 1.165) is 0 Å². The van der Waals surface area contributed by atoms with E-state index < -0.39 is 22.0 Å². The van der Waals surface area contributed by atoms with Crippen molar-refractivity contribution in [3.63, 3.8) is 0 Å². The Morgan fingerprint density at radius 2 is 1.76 bits per heavy atom. The molecular weight excluding hydrogens is 240 g/mol. The van der Waals surface area contributed by atoms with E-state index in [9.17, 15) is 13.2 Å². The van der Waals surface area contributed by atoms with Crippen molar-refractivity contribution in [3.8, 4) is 0 Å². The summed E-state index contributed by atoms with van der Waals surface area (Å²) >= 11 is 0. The van der Waals surface area contributed by atoms with Gasteiger partial charge in [-0.15, -0.1) is 0 Å². The van der Waals surface area contributed by atoms with Crippen molar-refractivity contribution in [2.75, 3.05) is 0 Å². The Labute approximate surface area is 101 Å². The first-order chi connectivity index (χ1) is 7.84. The molecule has 1 rings (SSSR count). The summed E-state index contributed by atoms with van der Waals surface area (Å²) in [6.45, 7) is 3.50. The summed E-state index contributed by atoms with van der Waals surface area (Å²) in [7, 11) is -3.82. The molecule has 5 nitrogen and oxygen atoms in total. The molecule has 6 heteroatoms. The number of benzene rings is 1. The first-order valence-electron chi connectivity index (χ1n) is 5.22. The smallest absolute Gasteiger partial charge is 0.264 e. The molecule has 0 radical (unpaired) electrons. The van der Waals surface area contributed by atoms with Gasteiger partial charge in [-0.2, -0.15) is 0 Å². The lowest BCUT2D eigenvalue weighted by atomic mass is 10.1. The Balaban J connectivity index is 2.85. The van der Waals surface area contributed by atoms with Crippen LogP contribution in [0.5, 0.6) is 0 Å². The van der Waals surface area contributed by atoms with Crippen LogP contribution < -0.4 is 10.5 Å². The van der Waals surface area contributed by atoms with Crippen LogP contribution in [-0.2, 0) is 14.8 Å². The van der Waals surface area contributed by atoms with Crippen molar-refractivity contribution in [1.29, 1.82) is 0 Å². The molecule has 0 aliphatic heterocycles. The molecule has 0 bridgehead atoms. The largest absolute Gasteiger partial charge is 0.320 e. The molecule has 1 atom stereocenters. The van der Waals surface area contributed by atoms with Gasteiger partial charge in [-0.1, -0.05) is 32.0 Å². The summed E-state index contributed by atoms with van der Waals surface area (Å²) in [5.74, 6) is -0.815. The third kappa shape index (κ3) is 3.54. The minimum Gasteiger partial charge on any atom is -0.320 e. The van der Waals surface area contributed by atoms with Gasteiger partial charge in [-0.25, -0.2) is 13.1 Å². The second kappa shape index (κ2) is 5.29. The van der Waals surface area contributed by atoms with Crippen LogP contribution in [0.3, 0.4) is 0 Å². The number of sulfonamides is 1. The highest BCUT2D eigenvalue weighted by Gasteiger charge is 2.23. The number of rotatable bonds is 4. The van der Waals surface area contributed by atoms with E-state index in [1.165, 1.54) is 12.1 Å². The maximum Gasteiger partial charge on any atom is 0.264 e. The van der Waals surface area contributed by atoms with Crippen molar-refractivity contribution in [2.45, 2.75) is 24.8 Å². The van der Waals surface area contributed by atoms with Crippen molar-refractivity contribution in [2.24, 2.45) is 11.7 Å². The number of hydrogen-bond donors (Lipinski definition) is 2. The molecule has 0 saturated heterocycles. The van der Waals surface area contributed by atoms with E-state index in [1.807, 2.05) is 4.72 Å². The predicted octanol–water partition coefficient (Wildman–Crippen LogP) is 0.475. The van der Waals surface area contributed by atoms with Gasteiger partial charge in [0.05, 0.1) is 10.9 Å². The molecule has 0 aliphatic rings. The molecule has 0 saturated carbocycles. The number of carbonyl (C=O) groups is 1. The average molecular weight is 256 g/mol. The Morgan fingerprint density at radius 3 is 2.24 bits per heavy atom. The monoisotopic (exact) mass is 256 g/mol. The Kier molecular flexibility index (Phi) is 4.25. The molecule has 3 N–H and O–H groups in total. The standard InChI is InChI=1S/C11H16N2O3S/c1-8(2)10(12)11(14)13-17(15,16)9-6-4-3-5-7-9/h3-8,10H,12H2,1-2H3,(H,13,14)/t10-/m0/s1. The minimum absolute atomic E-state index is 0.0457. The summed E-state index contributed by atoms with van der Waals surface area (Å²) in [5, 5.41) is 0. The molecule has 0 aromatic heterocycles. The van der Waals surface area contributed by atoms with Crippen molar-refractivity contribution in [3.05, 3.63) is 30.3 Å². The maximum absolute atomic E-state index is 11.8. The lowest BCUT2D eigenvalue weighted by Gasteiger charge is -2.15. The zero-order chi connectivity index (χ0) is 13.1. The number of nitrogens with two attached hydrogens (primary N) is 1. The van der Waals surface area contributed by atoms with E-state index in [-0.39, 0.29) is 10.8 Å². The molecule has 0 fully saturated rings. The second-order valence-electron chi connectivity index (χ2n) is 4.05. The third-order valence-electron chi connectivity index (χ3n) is 2.31. The third-order valence-corrected chi connectivity index (χ3v) is 3.67. The highest BCUT2D eigenvalue weighted by Crippen LogP contribution is 2.08. The highest BCUT2D eigenvalue weighted by molar-refractivity contribution is 7.90. The van der Waals surface area contributed by atoms with Gasteiger partial charge in [0.1, 0.15) is 0 Å². The first kappa shape index (κ1) is 13.7. The summed E-state index contributed by atoms with van der Waals surface area (Å²) in [4.78, 5) is 11.6. The van der Waals surface area contributed by atoms with Crippen molar-refractivity contribution in [1.82, 2.24) is 4.72 Å². The van der Waals surface area contributed by atoms with Crippen molar-refractivity contribution < 1.29 is 13.2 Å². The van der Waals surface area contributed by atoms with Crippen LogP contribution in [-0.4, -0.2) is 20.4 Å². The van der Waals surface area contributed by atoms with Gasteiger partial charge in [-0.05, 0) is 18.1 Å². The summed E-state index contributed by atoms with van der Waals surface area (Å²) in [6.07, 6.45) is 0. The summed E-state index contributed by atoms with van der Waals surface area (Å²) in [5.41, 5.74) is 5.57.